The zero-order valence-corrected chi connectivity index (χ0v) is 6.44. The van der Waals surface area contributed by atoms with Crippen LogP contribution < -0.4 is 0 Å². The fourth-order valence-corrected chi connectivity index (χ4v) is 1.55. The fourth-order valence-electron chi connectivity index (χ4n) is 1.55. The molecule has 3 aliphatic rings. The molecule has 0 aromatic rings. The highest BCUT2D eigenvalue weighted by Crippen LogP contribution is 2.22. The van der Waals surface area contributed by atoms with Crippen LogP contribution in [0.3, 0.4) is 0 Å². The minimum Gasteiger partial charge on any atom is -0.307 e. The molecular formula is C9H7N3. The molecule has 0 saturated heterocycles. The normalized spacial score (nSPS) is 14.0. The Labute approximate surface area is 69.7 Å². The smallest absolute Gasteiger partial charge is 0.143 e. The average Bonchev–Trinajstić information content (AvgIpc) is 2.71. The minimum atomic E-state index is 0.899. The van der Waals surface area contributed by atoms with E-state index in [9.17, 15) is 0 Å². The van der Waals surface area contributed by atoms with Gasteiger partial charge in [-0.3, -0.25) is 0 Å². The van der Waals surface area contributed by atoms with Crippen LogP contribution in [0.1, 0.15) is 5.82 Å². The molecule has 3 nitrogen and oxygen atoms in total. The summed E-state index contributed by atoms with van der Waals surface area (Å²) >= 11 is 0. The Bertz CT molecular complexity index is 428. The SMILES string of the molecule is C1=Cc2ncc3ccnc-3n2C1. The molecule has 0 amide bonds. The first-order valence-electron chi connectivity index (χ1n) is 3.92. The van der Waals surface area contributed by atoms with Gasteiger partial charge in [-0.25, -0.2) is 9.97 Å². The number of fused-ring (bicyclic) bond motifs is 3. The van der Waals surface area contributed by atoms with E-state index in [0.29, 0.717) is 0 Å². The van der Waals surface area contributed by atoms with Gasteiger partial charge in [-0.05, 0) is 12.1 Å². The lowest BCUT2D eigenvalue weighted by Crippen LogP contribution is -2.04. The molecule has 0 N–H and O–H groups in total. The van der Waals surface area contributed by atoms with Crippen LogP contribution in [0.15, 0.2) is 24.5 Å². The summed E-state index contributed by atoms with van der Waals surface area (Å²) in [4.78, 5) is 8.57. The molecule has 0 fully saturated rings. The molecule has 0 spiro atoms. The third kappa shape index (κ3) is 0.605. The maximum atomic E-state index is 4.30. The molecule has 0 aliphatic carbocycles. The molecule has 3 rings (SSSR count). The predicted octanol–water partition coefficient (Wildman–Crippen LogP) is 1.41. The van der Waals surface area contributed by atoms with Crippen molar-refractivity contribution >= 4 is 6.08 Å². The average molecular weight is 157 g/mol. The van der Waals surface area contributed by atoms with Crippen LogP contribution in [0.4, 0.5) is 0 Å². The van der Waals surface area contributed by atoms with Crippen molar-refractivity contribution in [2.45, 2.75) is 6.54 Å². The first-order valence-corrected chi connectivity index (χ1v) is 3.92. The fraction of sp³-hybridized carbons (Fsp3) is 0.111. The molecule has 0 unspecified atom stereocenters. The molecule has 3 heterocycles. The molecule has 0 atom stereocenters. The second-order valence-electron chi connectivity index (χ2n) is 2.85. The summed E-state index contributed by atoms with van der Waals surface area (Å²) in [5.74, 6) is 2.03. The molecule has 0 saturated carbocycles. The van der Waals surface area contributed by atoms with Gasteiger partial charge in [0.2, 0.25) is 0 Å². The van der Waals surface area contributed by atoms with Crippen LogP contribution in [0.2, 0.25) is 0 Å². The van der Waals surface area contributed by atoms with Crippen LogP contribution in [-0.2, 0) is 6.54 Å². The highest BCUT2D eigenvalue weighted by Gasteiger charge is 2.13. The Morgan fingerprint density at radius 1 is 1.33 bits per heavy atom. The summed E-state index contributed by atoms with van der Waals surface area (Å²) in [6.45, 7) is 0.899. The summed E-state index contributed by atoms with van der Waals surface area (Å²) in [6, 6.07) is 1.98. The van der Waals surface area contributed by atoms with E-state index in [1.807, 2.05) is 24.5 Å². The van der Waals surface area contributed by atoms with Crippen molar-refractivity contribution in [1.29, 1.82) is 0 Å². The lowest BCUT2D eigenvalue weighted by Gasteiger charge is -2.07. The van der Waals surface area contributed by atoms with Crippen LogP contribution in [0.5, 0.6) is 0 Å². The van der Waals surface area contributed by atoms with Crippen LogP contribution in [0.25, 0.3) is 17.5 Å². The van der Waals surface area contributed by atoms with E-state index in [-0.39, 0.29) is 0 Å². The van der Waals surface area contributed by atoms with Crippen molar-refractivity contribution in [3.05, 3.63) is 30.4 Å². The van der Waals surface area contributed by atoms with Crippen molar-refractivity contribution < 1.29 is 0 Å². The Morgan fingerprint density at radius 2 is 2.33 bits per heavy atom. The van der Waals surface area contributed by atoms with Gasteiger partial charge in [0.05, 0.1) is 0 Å². The number of hydrogen-bond donors (Lipinski definition) is 0. The second-order valence-corrected chi connectivity index (χ2v) is 2.85. The van der Waals surface area contributed by atoms with Gasteiger partial charge in [-0.2, -0.15) is 0 Å². The number of rotatable bonds is 0. The van der Waals surface area contributed by atoms with Gasteiger partial charge < -0.3 is 4.57 Å². The largest absolute Gasteiger partial charge is 0.307 e. The summed E-state index contributed by atoms with van der Waals surface area (Å²) in [5.41, 5.74) is 1.11. The summed E-state index contributed by atoms with van der Waals surface area (Å²) in [5, 5.41) is 0. The molecule has 0 bridgehead atoms. The van der Waals surface area contributed by atoms with Gasteiger partial charge in [0, 0.05) is 24.5 Å². The molecule has 3 heteroatoms. The molecule has 0 aromatic heterocycles. The van der Waals surface area contributed by atoms with E-state index in [2.05, 4.69) is 20.6 Å². The number of aromatic nitrogens is 3. The van der Waals surface area contributed by atoms with Gasteiger partial charge in [0.25, 0.3) is 0 Å². The lowest BCUT2D eigenvalue weighted by molar-refractivity contribution is 0.793. The first kappa shape index (κ1) is 5.94. The predicted molar refractivity (Wildman–Crippen MR) is 45.7 cm³/mol. The van der Waals surface area contributed by atoms with Crippen molar-refractivity contribution in [2.75, 3.05) is 0 Å². The molecule has 0 aromatic carbocycles. The van der Waals surface area contributed by atoms with E-state index in [1.165, 1.54) is 0 Å². The topological polar surface area (TPSA) is 30.7 Å². The molecular weight excluding hydrogens is 150 g/mol. The second kappa shape index (κ2) is 1.94. The lowest BCUT2D eigenvalue weighted by atomic mass is 10.3. The van der Waals surface area contributed by atoms with Gasteiger partial charge in [-0.1, -0.05) is 6.08 Å². The third-order valence-electron chi connectivity index (χ3n) is 2.13. The summed E-state index contributed by atoms with van der Waals surface area (Å²) in [7, 11) is 0. The molecule has 3 aliphatic heterocycles. The van der Waals surface area contributed by atoms with Gasteiger partial charge >= 0.3 is 0 Å². The molecule has 0 radical (unpaired) electrons. The first-order chi connectivity index (χ1) is 5.95. The maximum Gasteiger partial charge on any atom is 0.143 e. The van der Waals surface area contributed by atoms with E-state index in [4.69, 9.17) is 0 Å². The zero-order chi connectivity index (χ0) is 7.97. The van der Waals surface area contributed by atoms with Crippen molar-refractivity contribution in [3.8, 4) is 11.4 Å². The van der Waals surface area contributed by atoms with E-state index >= 15 is 0 Å². The highest BCUT2D eigenvalue weighted by atomic mass is 15.1. The molecule has 12 heavy (non-hydrogen) atoms. The monoisotopic (exact) mass is 157 g/mol. The standard InChI is InChI=1S/C9H7N3/c1-2-8-11-6-7-3-4-10-9(7)12(8)5-1/h1-4,6H,5H2. The number of allylic oxidation sites excluding steroid dienone is 1. The molecule has 58 valence electrons. The van der Waals surface area contributed by atoms with Crippen molar-refractivity contribution in [1.82, 2.24) is 14.5 Å². The summed E-state index contributed by atoms with van der Waals surface area (Å²) < 4.78 is 2.11. The Kier molecular flexibility index (Phi) is 0.961. The Morgan fingerprint density at radius 3 is 3.33 bits per heavy atom. The number of nitrogens with zero attached hydrogens (tertiary/aromatic N) is 3. The van der Waals surface area contributed by atoms with E-state index in [0.717, 1.165) is 23.8 Å². The minimum absolute atomic E-state index is 0.899. The third-order valence-corrected chi connectivity index (χ3v) is 2.13. The highest BCUT2D eigenvalue weighted by molar-refractivity contribution is 5.60. The number of hydrogen-bond acceptors (Lipinski definition) is 2. The van der Waals surface area contributed by atoms with Gasteiger partial charge in [-0.15, -0.1) is 0 Å². The van der Waals surface area contributed by atoms with Crippen molar-refractivity contribution in [2.24, 2.45) is 0 Å². The summed E-state index contributed by atoms with van der Waals surface area (Å²) in [6.07, 6.45) is 7.80. The van der Waals surface area contributed by atoms with Crippen LogP contribution in [-0.4, -0.2) is 14.5 Å². The zero-order valence-electron chi connectivity index (χ0n) is 6.44. The van der Waals surface area contributed by atoms with E-state index in [1.54, 1.807) is 0 Å². The Balaban J connectivity index is 2.41. The van der Waals surface area contributed by atoms with Gasteiger partial charge in [0.15, 0.2) is 0 Å². The van der Waals surface area contributed by atoms with Gasteiger partial charge in [0.1, 0.15) is 11.6 Å². The maximum absolute atomic E-state index is 4.30. The van der Waals surface area contributed by atoms with Crippen molar-refractivity contribution in [3.63, 3.8) is 0 Å². The Hall–Kier alpha value is -1.64. The van der Waals surface area contributed by atoms with Crippen LogP contribution >= 0.6 is 0 Å². The van der Waals surface area contributed by atoms with E-state index < -0.39 is 0 Å². The van der Waals surface area contributed by atoms with Crippen LogP contribution in [0, 0.1) is 0 Å². The quantitative estimate of drug-likeness (QED) is 0.578.